The smallest absolute Gasteiger partial charge is 0.0499 e. The van der Waals surface area contributed by atoms with E-state index in [1.54, 1.807) is 0 Å². The van der Waals surface area contributed by atoms with E-state index in [1.807, 2.05) is 6.07 Å². The molecule has 2 heteroatoms. The summed E-state index contributed by atoms with van der Waals surface area (Å²) in [6.07, 6.45) is 0.980. The van der Waals surface area contributed by atoms with E-state index in [2.05, 4.69) is 41.9 Å². The van der Waals surface area contributed by atoms with Crippen molar-refractivity contribution in [2.45, 2.75) is 26.2 Å². The fraction of sp³-hybridized carbons (Fsp3) is 0.455. The van der Waals surface area contributed by atoms with Crippen LogP contribution in [-0.2, 0) is 0 Å². The molecule has 0 aromatic heterocycles. The monoisotopic (exact) mass is 242 g/mol. The topological polar surface area (TPSA) is 20.2 Å². The molecule has 0 aliphatic heterocycles. The maximum absolute atomic E-state index is 9.18. The highest BCUT2D eigenvalue weighted by Gasteiger charge is 2.10. The molecule has 1 atom stereocenters. The molecule has 0 amide bonds. The molecule has 0 bridgehead atoms. The molecule has 1 unspecified atom stereocenters. The van der Waals surface area contributed by atoms with Crippen molar-refractivity contribution in [3.63, 3.8) is 0 Å². The van der Waals surface area contributed by atoms with Crippen LogP contribution in [-0.4, -0.2) is 11.7 Å². The molecule has 0 radical (unpaired) electrons. The Bertz CT molecular complexity index is 279. The Labute approximate surface area is 87.9 Å². The van der Waals surface area contributed by atoms with Gasteiger partial charge in [-0.05, 0) is 36.6 Å². The molecule has 1 aromatic carbocycles. The summed E-state index contributed by atoms with van der Waals surface area (Å²) >= 11 is 3.44. The van der Waals surface area contributed by atoms with E-state index < -0.39 is 0 Å². The Morgan fingerprint density at radius 3 is 2.69 bits per heavy atom. The van der Waals surface area contributed by atoms with Crippen LogP contribution in [0.1, 0.15) is 30.4 Å². The summed E-state index contributed by atoms with van der Waals surface area (Å²) in [5.41, 5.74) is 2.50. The molecule has 72 valence electrons. The fourth-order valence-corrected chi connectivity index (χ4v) is 1.88. The van der Waals surface area contributed by atoms with Gasteiger partial charge in [0.1, 0.15) is 0 Å². The molecule has 0 aliphatic carbocycles. The zero-order valence-electron chi connectivity index (χ0n) is 8.05. The molecule has 1 nitrogen and oxygen atoms in total. The van der Waals surface area contributed by atoms with Crippen LogP contribution in [0, 0.1) is 6.92 Å². The van der Waals surface area contributed by atoms with Gasteiger partial charge in [-0.3, -0.25) is 0 Å². The molecule has 13 heavy (non-hydrogen) atoms. The molecule has 0 saturated heterocycles. The van der Waals surface area contributed by atoms with Crippen molar-refractivity contribution in [1.82, 2.24) is 0 Å². The number of halogens is 1. The molecule has 0 spiro atoms. The van der Waals surface area contributed by atoms with Crippen molar-refractivity contribution in [3.8, 4) is 0 Å². The van der Waals surface area contributed by atoms with Crippen molar-refractivity contribution in [1.29, 1.82) is 0 Å². The van der Waals surface area contributed by atoms with Crippen LogP contribution in [0.25, 0.3) is 0 Å². The summed E-state index contributed by atoms with van der Waals surface area (Å²) in [5, 5.41) is 9.18. The van der Waals surface area contributed by atoms with Crippen LogP contribution in [0.2, 0.25) is 0 Å². The normalized spacial score (nSPS) is 12.9. The first-order valence-corrected chi connectivity index (χ1v) is 5.35. The van der Waals surface area contributed by atoms with E-state index in [1.165, 1.54) is 11.1 Å². The average molecular weight is 243 g/mol. The summed E-state index contributed by atoms with van der Waals surface area (Å²) in [5.74, 6) is 0.275. The van der Waals surface area contributed by atoms with Crippen molar-refractivity contribution < 1.29 is 5.11 Å². The van der Waals surface area contributed by atoms with E-state index in [9.17, 15) is 5.11 Å². The molecule has 1 rings (SSSR count). The SMILES string of the molecule is CCC(CO)c1cc(Br)ccc1C. The van der Waals surface area contributed by atoms with E-state index >= 15 is 0 Å². The largest absolute Gasteiger partial charge is 0.396 e. The lowest BCUT2D eigenvalue weighted by atomic mass is 9.93. The minimum atomic E-state index is 0.230. The van der Waals surface area contributed by atoms with E-state index in [0.29, 0.717) is 0 Å². The first kappa shape index (κ1) is 10.7. The average Bonchev–Trinajstić information content (AvgIpc) is 2.13. The van der Waals surface area contributed by atoms with Crippen molar-refractivity contribution >= 4 is 15.9 Å². The van der Waals surface area contributed by atoms with Gasteiger partial charge in [-0.2, -0.15) is 0 Å². The summed E-state index contributed by atoms with van der Waals surface area (Å²) in [6.45, 7) is 4.41. The Hall–Kier alpha value is -0.340. The second-order valence-corrected chi connectivity index (χ2v) is 4.20. The van der Waals surface area contributed by atoms with Crippen LogP contribution < -0.4 is 0 Å². The van der Waals surface area contributed by atoms with Crippen molar-refractivity contribution in [3.05, 3.63) is 33.8 Å². The zero-order valence-corrected chi connectivity index (χ0v) is 9.63. The van der Waals surface area contributed by atoms with Gasteiger partial charge in [0.25, 0.3) is 0 Å². The Morgan fingerprint density at radius 1 is 1.46 bits per heavy atom. The van der Waals surface area contributed by atoms with Crippen molar-refractivity contribution in [2.24, 2.45) is 0 Å². The molecular formula is C11H15BrO. The summed E-state index contributed by atoms with van der Waals surface area (Å²) < 4.78 is 1.08. The van der Waals surface area contributed by atoms with Gasteiger partial charge in [0.05, 0.1) is 0 Å². The zero-order chi connectivity index (χ0) is 9.84. The standard InChI is InChI=1S/C11H15BrO/c1-3-9(7-13)11-6-10(12)5-4-8(11)2/h4-6,9,13H,3,7H2,1-2H3. The van der Waals surface area contributed by atoms with Gasteiger partial charge in [-0.1, -0.05) is 28.9 Å². The van der Waals surface area contributed by atoms with E-state index in [-0.39, 0.29) is 12.5 Å². The predicted octanol–water partition coefficient (Wildman–Crippen LogP) is 3.24. The molecule has 0 fully saturated rings. The molecule has 0 heterocycles. The number of benzene rings is 1. The van der Waals surface area contributed by atoms with Crippen LogP contribution in [0.15, 0.2) is 22.7 Å². The highest BCUT2D eigenvalue weighted by molar-refractivity contribution is 9.10. The van der Waals surface area contributed by atoms with Gasteiger partial charge in [0, 0.05) is 17.0 Å². The van der Waals surface area contributed by atoms with Crippen LogP contribution >= 0.6 is 15.9 Å². The van der Waals surface area contributed by atoms with Gasteiger partial charge in [0.2, 0.25) is 0 Å². The number of aryl methyl sites for hydroxylation is 1. The summed E-state index contributed by atoms with van der Waals surface area (Å²) in [6, 6.07) is 6.21. The molecule has 1 aromatic rings. The second kappa shape index (κ2) is 4.77. The fourth-order valence-electron chi connectivity index (χ4n) is 1.50. The molecule has 0 saturated carbocycles. The Morgan fingerprint density at radius 2 is 2.15 bits per heavy atom. The van der Waals surface area contributed by atoms with Crippen LogP contribution in [0.3, 0.4) is 0 Å². The lowest BCUT2D eigenvalue weighted by Crippen LogP contribution is -2.04. The van der Waals surface area contributed by atoms with Gasteiger partial charge >= 0.3 is 0 Å². The Balaban J connectivity index is 3.03. The number of aliphatic hydroxyl groups excluding tert-OH is 1. The third kappa shape index (κ3) is 2.55. The summed E-state index contributed by atoms with van der Waals surface area (Å²) in [7, 11) is 0. The van der Waals surface area contributed by atoms with E-state index in [0.717, 1.165) is 10.9 Å². The summed E-state index contributed by atoms with van der Waals surface area (Å²) in [4.78, 5) is 0. The number of hydrogen-bond donors (Lipinski definition) is 1. The minimum Gasteiger partial charge on any atom is -0.396 e. The van der Waals surface area contributed by atoms with Gasteiger partial charge in [-0.25, -0.2) is 0 Å². The highest BCUT2D eigenvalue weighted by atomic mass is 79.9. The minimum absolute atomic E-state index is 0.230. The maximum atomic E-state index is 9.18. The first-order valence-electron chi connectivity index (χ1n) is 4.56. The van der Waals surface area contributed by atoms with E-state index in [4.69, 9.17) is 0 Å². The molecule has 1 N–H and O–H groups in total. The lowest BCUT2D eigenvalue weighted by molar-refractivity contribution is 0.262. The third-order valence-electron chi connectivity index (χ3n) is 2.39. The quantitative estimate of drug-likeness (QED) is 0.863. The second-order valence-electron chi connectivity index (χ2n) is 3.29. The number of hydrogen-bond acceptors (Lipinski definition) is 1. The third-order valence-corrected chi connectivity index (χ3v) is 2.89. The Kier molecular flexibility index (Phi) is 3.94. The van der Waals surface area contributed by atoms with Gasteiger partial charge in [-0.15, -0.1) is 0 Å². The van der Waals surface area contributed by atoms with Crippen molar-refractivity contribution in [2.75, 3.05) is 6.61 Å². The van der Waals surface area contributed by atoms with Crippen LogP contribution in [0.4, 0.5) is 0 Å². The van der Waals surface area contributed by atoms with Crippen LogP contribution in [0.5, 0.6) is 0 Å². The first-order chi connectivity index (χ1) is 6.19. The molecule has 0 aliphatic rings. The van der Waals surface area contributed by atoms with Gasteiger partial charge < -0.3 is 5.11 Å². The molecular weight excluding hydrogens is 228 g/mol. The number of aliphatic hydroxyl groups is 1. The highest BCUT2D eigenvalue weighted by Crippen LogP contribution is 2.25. The predicted molar refractivity (Wildman–Crippen MR) is 59.0 cm³/mol. The number of rotatable bonds is 3. The van der Waals surface area contributed by atoms with Gasteiger partial charge in [0.15, 0.2) is 0 Å². The maximum Gasteiger partial charge on any atom is 0.0499 e. The lowest BCUT2D eigenvalue weighted by Gasteiger charge is -2.15.